The maximum Gasteiger partial charge on any atom is 0.195 e. The first-order valence-corrected chi connectivity index (χ1v) is 9.43. The minimum absolute atomic E-state index is 0.0530. The molecule has 0 aliphatic heterocycles. The maximum absolute atomic E-state index is 13.4. The first-order chi connectivity index (χ1) is 13.1. The summed E-state index contributed by atoms with van der Waals surface area (Å²) in [5, 5.41) is 12.6. The lowest BCUT2D eigenvalue weighted by Crippen LogP contribution is -2.04. The molecule has 0 spiro atoms. The third-order valence-corrected chi connectivity index (χ3v) is 5.09. The van der Waals surface area contributed by atoms with Crippen LogP contribution in [0.5, 0.6) is 0 Å². The number of para-hydroxylation sites is 1. The number of ketones is 1. The lowest BCUT2D eigenvalue weighted by atomic mass is 9.97. The van der Waals surface area contributed by atoms with Crippen LogP contribution in [0, 0.1) is 0 Å². The number of aliphatic hydroxyl groups excluding tert-OH is 1. The van der Waals surface area contributed by atoms with Gasteiger partial charge in [-0.15, -0.1) is 0 Å². The number of aliphatic hydroxyl groups is 1. The number of aryl methyl sites for hydroxylation is 1. The number of rotatable bonds is 6. The van der Waals surface area contributed by atoms with Gasteiger partial charge in [0.25, 0.3) is 0 Å². The molecular weight excluding hydrogens is 334 g/mol. The number of carbonyl (C=O) groups is 1. The van der Waals surface area contributed by atoms with Crippen LogP contribution in [0.25, 0.3) is 21.7 Å². The summed E-state index contributed by atoms with van der Waals surface area (Å²) in [7, 11) is 0. The Morgan fingerprint density at radius 3 is 2.44 bits per heavy atom. The largest absolute Gasteiger partial charge is 0.393 e. The summed E-state index contributed by atoms with van der Waals surface area (Å²) < 4.78 is 2.13. The summed E-state index contributed by atoms with van der Waals surface area (Å²) >= 11 is 0. The van der Waals surface area contributed by atoms with Gasteiger partial charge in [-0.05, 0) is 36.6 Å². The van der Waals surface area contributed by atoms with E-state index in [0.29, 0.717) is 0 Å². The minimum atomic E-state index is -0.302. The lowest BCUT2D eigenvalue weighted by molar-refractivity contribution is 0.104. The summed E-state index contributed by atoms with van der Waals surface area (Å²) in [6.45, 7) is 2.59. The molecule has 0 saturated carbocycles. The Kier molecular flexibility index (Phi) is 4.78. The molecule has 0 fully saturated rings. The molecule has 0 unspecified atom stereocenters. The fraction of sp³-hybridized carbons (Fsp3) is 0.208. The number of carbonyl (C=O) groups excluding carboxylic acids is 1. The minimum Gasteiger partial charge on any atom is -0.393 e. The standard InChI is InChI=1S/C24H23NO2/c1-17(26)8-7-15-25-16-22(20-12-4-5-14-23(20)25)24(27)21-13-6-10-18-9-2-3-11-19(18)21/h2-6,9-14,16-17,26H,7-8,15H2,1H3/t17-/m1/s1. The molecule has 1 aromatic heterocycles. The van der Waals surface area contributed by atoms with Gasteiger partial charge in [0, 0.05) is 34.8 Å². The fourth-order valence-corrected chi connectivity index (χ4v) is 3.74. The first kappa shape index (κ1) is 17.5. The summed E-state index contributed by atoms with van der Waals surface area (Å²) in [4.78, 5) is 13.4. The number of aromatic nitrogens is 1. The Hall–Kier alpha value is -2.91. The summed E-state index contributed by atoms with van der Waals surface area (Å²) in [5.74, 6) is 0.0530. The van der Waals surface area contributed by atoms with Gasteiger partial charge < -0.3 is 9.67 Å². The van der Waals surface area contributed by atoms with Crippen LogP contribution < -0.4 is 0 Å². The van der Waals surface area contributed by atoms with Gasteiger partial charge in [0.2, 0.25) is 0 Å². The topological polar surface area (TPSA) is 42.2 Å². The van der Waals surface area contributed by atoms with Crippen molar-refractivity contribution in [3.8, 4) is 0 Å². The first-order valence-electron chi connectivity index (χ1n) is 9.43. The third-order valence-electron chi connectivity index (χ3n) is 5.09. The van der Waals surface area contributed by atoms with Crippen LogP contribution in [0.3, 0.4) is 0 Å². The molecule has 3 heteroatoms. The predicted molar refractivity (Wildman–Crippen MR) is 110 cm³/mol. The van der Waals surface area contributed by atoms with E-state index in [1.165, 1.54) is 0 Å². The SMILES string of the molecule is C[C@@H](O)CCCn1cc(C(=O)c2cccc3ccccc23)c2ccccc21. The van der Waals surface area contributed by atoms with Crippen LogP contribution in [0.1, 0.15) is 35.7 Å². The number of nitrogens with zero attached hydrogens (tertiary/aromatic N) is 1. The van der Waals surface area contributed by atoms with Crippen LogP contribution in [0.4, 0.5) is 0 Å². The Morgan fingerprint density at radius 1 is 0.926 bits per heavy atom. The van der Waals surface area contributed by atoms with Crippen molar-refractivity contribution in [2.75, 3.05) is 0 Å². The van der Waals surface area contributed by atoms with Crippen LogP contribution in [0.15, 0.2) is 72.9 Å². The Labute approximate surface area is 158 Å². The van der Waals surface area contributed by atoms with Gasteiger partial charge in [0.15, 0.2) is 5.78 Å². The molecule has 0 saturated heterocycles. The Morgan fingerprint density at radius 2 is 1.63 bits per heavy atom. The monoisotopic (exact) mass is 357 g/mol. The van der Waals surface area contributed by atoms with Crippen LogP contribution in [-0.4, -0.2) is 21.6 Å². The zero-order valence-electron chi connectivity index (χ0n) is 15.4. The maximum atomic E-state index is 13.4. The number of fused-ring (bicyclic) bond motifs is 2. The van der Waals surface area contributed by atoms with Gasteiger partial charge in [-0.1, -0.05) is 60.7 Å². The number of benzene rings is 3. The van der Waals surface area contributed by atoms with E-state index >= 15 is 0 Å². The molecule has 27 heavy (non-hydrogen) atoms. The smallest absolute Gasteiger partial charge is 0.195 e. The van der Waals surface area contributed by atoms with Crippen molar-refractivity contribution in [3.05, 3.63) is 84.1 Å². The van der Waals surface area contributed by atoms with E-state index in [-0.39, 0.29) is 11.9 Å². The van der Waals surface area contributed by atoms with Crippen molar-refractivity contribution < 1.29 is 9.90 Å². The van der Waals surface area contributed by atoms with Crippen molar-refractivity contribution in [1.29, 1.82) is 0 Å². The van der Waals surface area contributed by atoms with E-state index < -0.39 is 0 Å². The second-order valence-corrected chi connectivity index (χ2v) is 7.10. The summed E-state index contributed by atoms with van der Waals surface area (Å²) in [5.41, 5.74) is 2.53. The van der Waals surface area contributed by atoms with Gasteiger partial charge in [0.05, 0.1) is 6.10 Å². The molecule has 4 aromatic rings. The zero-order valence-corrected chi connectivity index (χ0v) is 15.4. The average Bonchev–Trinajstić information content (AvgIpc) is 3.06. The van der Waals surface area contributed by atoms with E-state index in [0.717, 1.165) is 52.2 Å². The zero-order chi connectivity index (χ0) is 18.8. The van der Waals surface area contributed by atoms with E-state index in [2.05, 4.69) is 10.6 Å². The van der Waals surface area contributed by atoms with E-state index in [4.69, 9.17) is 0 Å². The molecule has 3 nitrogen and oxygen atoms in total. The van der Waals surface area contributed by atoms with Gasteiger partial charge in [-0.3, -0.25) is 4.79 Å². The molecule has 0 aliphatic carbocycles. The summed E-state index contributed by atoms with van der Waals surface area (Å²) in [6.07, 6.45) is 3.29. The van der Waals surface area contributed by atoms with E-state index in [9.17, 15) is 9.90 Å². The highest BCUT2D eigenvalue weighted by Crippen LogP contribution is 2.27. The second kappa shape index (κ2) is 7.37. The van der Waals surface area contributed by atoms with Crippen molar-refractivity contribution in [2.45, 2.75) is 32.4 Å². The normalized spacial score (nSPS) is 12.5. The van der Waals surface area contributed by atoms with Crippen LogP contribution in [-0.2, 0) is 6.54 Å². The fourth-order valence-electron chi connectivity index (χ4n) is 3.74. The van der Waals surface area contributed by atoms with Crippen molar-refractivity contribution >= 4 is 27.5 Å². The molecule has 3 aromatic carbocycles. The molecule has 0 bridgehead atoms. The predicted octanol–water partition coefficient (Wildman–Crippen LogP) is 5.19. The molecule has 0 aliphatic rings. The van der Waals surface area contributed by atoms with Gasteiger partial charge >= 0.3 is 0 Å². The molecule has 1 N–H and O–H groups in total. The van der Waals surface area contributed by atoms with Gasteiger partial charge in [-0.2, -0.15) is 0 Å². The quantitative estimate of drug-likeness (QED) is 0.483. The molecule has 136 valence electrons. The second-order valence-electron chi connectivity index (χ2n) is 7.10. The van der Waals surface area contributed by atoms with E-state index in [1.54, 1.807) is 0 Å². The molecule has 0 radical (unpaired) electrons. The van der Waals surface area contributed by atoms with Crippen LogP contribution in [0.2, 0.25) is 0 Å². The van der Waals surface area contributed by atoms with Crippen molar-refractivity contribution in [1.82, 2.24) is 4.57 Å². The lowest BCUT2D eigenvalue weighted by Gasteiger charge is -2.06. The highest BCUT2D eigenvalue weighted by Gasteiger charge is 2.18. The highest BCUT2D eigenvalue weighted by atomic mass is 16.3. The van der Waals surface area contributed by atoms with Gasteiger partial charge in [0.1, 0.15) is 0 Å². The molecule has 1 heterocycles. The Bertz CT molecular complexity index is 1100. The average molecular weight is 357 g/mol. The molecule has 0 amide bonds. The number of hydrogen-bond donors (Lipinski definition) is 1. The van der Waals surface area contributed by atoms with Crippen molar-refractivity contribution in [3.63, 3.8) is 0 Å². The molecular formula is C24H23NO2. The van der Waals surface area contributed by atoms with Crippen molar-refractivity contribution in [2.24, 2.45) is 0 Å². The van der Waals surface area contributed by atoms with E-state index in [1.807, 2.05) is 73.8 Å². The third kappa shape index (κ3) is 3.38. The van der Waals surface area contributed by atoms with Crippen LogP contribution >= 0.6 is 0 Å². The summed E-state index contributed by atoms with van der Waals surface area (Å²) in [6, 6.07) is 21.9. The highest BCUT2D eigenvalue weighted by molar-refractivity contribution is 6.21. The number of hydrogen-bond acceptors (Lipinski definition) is 2. The molecule has 1 atom stereocenters. The Balaban J connectivity index is 1.78. The van der Waals surface area contributed by atoms with Gasteiger partial charge in [-0.25, -0.2) is 0 Å². The molecule has 4 rings (SSSR count).